The van der Waals surface area contributed by atoms with Crippen LogP contribution in [0.25, 0.3) is 0 Å². The molecule has 0 radical (unpaired) electrons. The fraction of sp³-hybridized carbons (Fsp3) is 0.750. The minimum atomic E-state index is -1.60. The van der Waals surface area contributed by atoms with E-state index in [2.05, 4.69) is 10.6 Å². The number of carbonyl (C=O) groups is 5. The number of amides is 3. The highest BCUT2D eigenvalue weighted by Crippen LogP contribution is 2.21. The van der Waals surface area contributed by atoms with Gasteiger partial charge in [0.1, 0.15) is 18.1 Å². The van der Waals surface area contributed by atoms with Gasteiger partial charge in [-0.3, -0.25) is 19.2 Å². The lowest BCUT2D eigenvalue weighted by atomic mass is 9.99. The molecule has 11 heteroatoms. The Morgan fingerprint density at radius 3 is 2.16 bits per heavy atom. The normalized spacial score (nSPS) is 19.1. The largest absolute Gasteiger partial charge is 0.481 e. The summed E-state index contributed by atoms with van der Waals surface area (Å²) in [6.07, 6.45) is 0.509. The molecular weight excluding hydrogens is 408 g/mol. The molecule has 0 bridgehead atoms. The van der Waals surface area contributed by atoms with E-state index in [9.17, 15) is 24.0 Å². The number of carbonyl (C=O) groups excluding carboxylic acids is 3. The van der Waals surface area contributed by atoms with Crippen LogP contribution in [0.5, 0.6) is 0 Å². The third-order valence-corrected chi connectivity index (χ3v) is 5.12. The average Bonchev–Trinajstić information content (AvgIpc) is 3.13. The van der Waals surface area contributed by atoms with E-state index >= 15 is 0 Å². The number of nitrogens with one attached hydrogen (secondary N) is 2. The predicted molar refractivity (Wildman–Crippen MR) is 111 cm³/mol. The quantitative estimate of drug-likeness (QED) is 0.285. The summed E-state index contributed by atoms with van der Waals surface area (Å²) in [5, 5.41) is 22.9. The highest BCUT2D eigenvalue weighted by atomic mass is 16.4. The van der Waals surface area contributed by atoms with Gasteiger partial charge in [-0.25, -0.2) is 4.79 Å². The van der Waals surface area contributed by atoms with Crippen molar-refractivity contribution in [1.82, 2.24) is 15.5 Å². The van der Waals surface area contributed by atoms with Crippen LogP contribution in [0.15, 0.2) is 0 Å². The molecule has 1 heterocycles. The summed E-state index contributed by atoms with van der Waals surface area (Å²) in [6.45, 7) is 7.65. The summed E-state index contributed by atoms with van der Waals surface area (Å²) in [6, 6.07) is -4.20. The number of nitrogens with two attached hydrogens (primary N) is 1. The molecule has 0 saturated carbocycles. The number of likely N-dealkylation sites (tertiary alicyclic amines) is 1. The van der Waals surface area contributed by atoms with Crippen molar-refractivity contribution in [3.63, 3.8) is 0 Å². The van der Waals surface area contributed by atoms with Gasteiger partial charge in [0.2, 0.25) is 17.7 Å². The van der Waals surface area contributed by atoms with Gasteiger partial charge in [0, 0.05) is 6.54 Å². The van der Waals surface area contributed by atoms with Crippen molar-refractivity contribution < 1.29 is 34.2 Å². The van der Waals surface area contributed by atoms with Crippen LogP contribution in [0.4, 0.5) is 0 Å². The first-order valence-corrected chi connectivity index (χ1v) is 10.5. The monoisotopic (exact) mass is 442 g/mol. The number of aliphatic carboxylic acids is 2. The lowest BCUT2D eigenvalue weighted by molar-refractivity contribution is -0.148. The van der Waals surface area contributed by atoms with Gasteiger partial charge < -0.3 is 31.5 Å². The number of carboxylic acids is 2. The van der Waals surface area contributed by atoms with Crippen molar-refractivity contribution in [2.75, 3.05) is 6.54 Å². The predicted octanol–water partition coefficient (Wildman–Crippen LogP) is -0.464. The standard InChI is InChI=1S/C20H34N4O7/c1-10(2)8-12(21)17(27)23-16(11(3)4)19(29)24-7-5-6-14(24)18(28)22-13(20(30)31)9-15(25)26/h10-14,16H,5-9,21H2,1-4H3,(H,22,28)(H,23,27)(H,25,26)(H,30,31). The number of rotatable bonds is 11. The summed E-state index contributed by atoms with van der Waals surface area (Å²) in [5.41, 5.74) is 5.91. The van der Waals surface area contributed by atoms with Crippen LogP contribution in [-0.2, 0) is 24.0 Å². The van der Waals surface area contributed by atoms with Gasteiger partial charge in [-0.1, -0.05) is 27.7 Å². The van der Waals surface area contributed by atoms with Gasteiger partial charge in [-0.2, -0.15) is 0 Å². The lowest BCUT2D eigenvalue weighted by Crippen LogP contribution is -2.58. The zero-order chi connectivity index (χ0) is 23.9. The van der Waals surface area contributed by atoms with Crippen molar-refractivity contribution in [3.05, 3.63) is 0 Å². The Bertz CT molecular complexity index is 695. The van der Waals surface area contributed by atoms with Crippen molar-refractivity contribution in [2.45, 2.75) is 77.5 Å². The zero-order valence-corrected chi connectivity index (χ0v) is 18.5. The van der Waals surface area contributed by atoms with Crippen LogP contribution < -0.4 is 16.4 Å². The fourth-order valence-corrected chi connectivity index (χ4v) is 3.51. The van der Waals surface area contributed by atoms with Crippen LogP contribution in [0.1, 0.15) is 53.4 Å². The maximum absolute atomic E-state index is 13.2. The van der Waals surface area contributed by atoms with Crippen LogP contribution in [0.3, 0.4) is 0 Å². The third-order valence-electron chi connectivity index (χ3n) is 5.12. The Labute approximate surface area is 181 Å². The van der Waals surface area contributed by atoms with E-state index in [-0.39, 0.29) is 18.4 Å². The van der Waals surface area contributed by atoms with Gasteiger partial charge in [-0.15, -0.1) is 0 Å². The van der Waals surface area contributed by atoms with E-state index < -0.39 is 60.2 Å². The first-order chi connectivity index (χ1) is 14.3. The molecule has 176 valence electrons. The van der Waals surface area contributed by atoms with Crippen molar-refractivity contribution in [3.8, 4) is 0 Å². The first-order valence-electron chi connectivity index (χ1n) is 10.5. The Balaban J connectivity index is 2.92. The van der Waals surface area contributed by atoms with E-state index in [1.807, 2.05) is 13.8 Å². The molecule has 1 saturated heterocycles. The Morgan fingerprint density at radius 1 is 1.06 bits per heavy atom. The summed E-state index contributed by atoms with van der Waals surface area (Å²) in [7, 11) is 0. The Morgan fingerprint density at radius 2 is 1.68 bits per heavy atom. The fourth-order valence-electron chi connectivity index (χ4n) is 3.51. The molecule has 0 aromatic carbocycles. The second kappa shape index (κ2) is 11.6. The Hall–Kier alpha value is -2.69. The second-order valence-electron chi connectivity index (χ2n) is 8.65. The van der Waals surface area contributed by atoms with Crippen LogP contribution >= 0.6 is 0 Å². The maximum Gasteiger partial charge on any atom is 0.326 e. The van der Waals surface area contributed by atoms with Gasteiger partial charge in [-0.05, 0) is 31.1 Å². The van der Waals surface area contributed by atoms with E-state index in [1.165, 1.54) is 4.90 Å². The van der Waals surface area contributed by atoms with E-state index in [0.717, 1.165) is 0 Å². The molecule has 0 aromatic rings. The van der Waals surface area contributed by atoms with Gasteiger partial charge in [0.25, 0.3) is 0 Å². The molecule has 3 amide bonds. The molecule has 1 rings (SSSR count). The van der Waals surface area contributed by atoms with Crippen LogP contribution in [0, 0.1) is 11.8 Å². The number of carboxylic acid groups (broad SMARTS) is 2. The SMILES string of the molecule is CC(C)CC(N)C(=O)NC(C(=O)N1CCCC1C(=O)NC(CC(=O)O)C(=O)O)C(C)C. The van der Waals surface area contributed by atoms with Crippen molar-refractivity contribution in [1.29, 1.82) is 0 Å². The van der Waals surface area contributed by atoms with E-state index in [0.29, 0.717) is 19.3 Å². The third kappa shape index (κ3) is 7.82. The van der Waals surface area contributed by atoms with Crippen LogP contribution in [-0.4, -0.2) is 75.5 Å². The number of hydrogen-bond acceptors (Lipinski definition) is 6. The van der Waals surface area contributed by atoms with E-state index in [1.54, 1.807) is 13.8 Å². The van der Waals surface area contributed by atoms with Crippen LogP contribution in [0.2, 0.25) is 0 Å². The van der Waals surface area contributed by atoms with Gasteiger partial charge >= 0.3 is 11.9 Å². The molecule has 11 nitrogen and oxygen atoms in total. The van der Waals surface area contributed by atoms with Gasteiger partial charge in [0.15, 0.2) is 0 Å². The molecule has 1 aliphatic rings. The zero-order valence-electron chi connectivity index (χ0n) is 18.5. The molecule has 31 heavy (non-hydrogen) atoms. The summed E-state index contributed by atoms with van der Waals surface area (Å²) >= 11 is 0. The van der Waals surface area contributed by atoms with Crippen molar-refractivity contribution >= 4 is 29.7 Å². The smallest absolute Gasteiger partial charge is 0.326 e. The summed E-state index contributed by atoms with van der Waals surface area (Å²) < 4.78 is 0. The maximum atomic E-state index is 13.2. The molecule has 4 atom stereocenters. The highest BCUT2D eigenvalue weighted by molar-refractivity contribution is 5.95. The van der Waals surface area contributed by atoms with E-state index in [4.69, 9.17) is 15.9 Å². The molecule has 4 unspecified atom stereocenters. The molecular formula is C20H34N4O7. The molecule has 0 aromatic heterocycles. The Kier molecular flexibility index (Phi) is 9.89. The minimum absolute atomic E-state index is 0.202. The summed E-state index contributed by atoms with van der Waals surface area (Å²) in [4.78, 5) is 61.6. The van der Waals surface area contributed by atoms with Crippen molar-refractivity contribution in [2.24, 2.45) is 17.6 Å². The second-order valence-corrected chi connectivity index (χ2v) is 8.65. The topological polar surface area (TPSA) is 179 Å². The molecule has 0 aliphatic carbocycles. The minimum Gasteiger partial charge on any atom is -0.481 e. The highest BCUT2D eigenvalue weighted by Gasteiger charge is 2.40. The molecule has 1 fully saturated rings. The molecule has 6 N–H and O–H groups in total. The summed E-state index contributed by atoms with van der Waals surface area (Å²) in [5.74, 6) is -4.55. The molecule has 0 spiro atoms. The first kappa shape index (κ1) is 26.3. The number of nitrogens with zero attached hydrogens (tertiary/aromatic N) is 1. The molecule has 1 aliphatic heterocycles. The lowest BCUT2D eigenvalue weighted by Gasteiger charge is -2.31. The van der Waals surface area contributed by atoms with Gasteiger partial charge in [0.05, 0.1) is 12.5 Å². The average molecular weight is 443 g/mol. The number of hydrogen-bond donors (Lipinski definition) is 5.